The fourth-order valence-electron chi connectivity index (χ4n) is 3.03. The fourth-order valence-corrected chi connectivity index (χ4v) is 3.03. The Bertz CT molecular complexity index is 329. The molecule has 0 spiro atoms. The molecule has 3 heteroatoms. The Morgan fingerprint density at radius 3 is 2.83 bits per heavy atom. The van der Waals surface area contributed by atoms with E-state index >= 15 is 0 Å². The number of hydrogen-bond donors (Lipinski definition) is 1. The molecule has 1 N–H and O–H groups in total. The predicted molar refractivity (Wildman–Crippen MR) is 74.3 cm³/mol. The Labute approximate surface area is 110 Å². The zero-order valence-corrected chi connectivity index (χ0v) is 11.3. The van der Waals surface area contributed by atoms with Gasteiger partial charge in [0.15, 0.2) is 0 Å². The van der Waals surface area contributed by atoms with Crippen molar-refractivity contribution in [2.45, 2.75) is 51.1 Å². The normalized spacial score (nSPS) is 29.5. The summed E-state index contributed by atoms with van der Waals surface area (Å²) >= 11 is 0. The van der Waals surface area contributed by atoms with E-state index in [0.29, 0.717) is 12.1 Å². The highest BCUT2D eigenvalue weighted by atomic mass is 16.2. The lowest BCUT2D eigenvalue weighted by molar-refractivity contribution is -0.130. The number of carbonyl (C=O) groups is 1. The summed E-state index contributed by atoms with van der Waals surface area (Å²) in [4.78, 5) is 14.3. The van der Waals surface area contributed by atoms with Crippen molar-refractivity contribution in [3.8, 4) is 0 Å². The van der Waals surface area contributed by atoms with Gasteiger partial charge in [0.25, 0.3) is 0 Å². The average Bonchev–Trinajstić information content (AvgIpc) is 2.93. The molecule has 0 aliphatic carbocycles. The van der Waals surface area contributed by atoms with Crippen molar-refractivity contribution < 1.29 is 4.79 Å². The molecule has 2 heterocycles. The van der Waals surface area contributed by atoms with E-state index in [1.54, 1.807) is 6.08 Å². The van der Waals surface area contributed by atoms with Crippen LogP contribution in [-0.2, 0) is 4.79 Å². The van der Waals surface area contributed by atoms with Crippen molar-refractivity contribution in [2.75, 3.05) is 13.1 Å². The third-order valence-electron chi connectivity index (χ3n) is 3.94. The summed E-state index contributed by atoms with van der Waals surface area (Å²) in [5.41, 5.74) is 0. The molecule has 100 valence electrons. The van der Waals surface area contributed by atoms with Crippen molar-refractivity contribution in [1.29, 1.82) is 0 Å². The van der Waals surface area contributed by atoms with Gasteiger partial charge in [-0.2, -0.15) is 0 Å². The molecule has 0 aromatic carbocycles. The first kappa shape index (κ1) is 13.3. The van der Waals surface area contributed by atoms with Gasteiger partial charge >= 0.3 is 0 Å². The molecule has 2 fully saturated rings. The number of hydrogen-bond acceptors (Lipinski definition) is 2. The fraction of sp³-hybridized carbons (Fsp3) is 0.667. The van der Waals surface area contributed by atoms with Crippen molar-refractivity contribution in [3.63, 3.8) is 0 Å². The van der Waals surface area contributed by atoms with E-state index in [-0.39, 0.29) is 5.91 Å². The molecule has 0 aromatic rings. The summed E-state index contributed by atoms with van der Waals surface area (Å²) in [6, 6.07) is 0.924. The molecule has 1 amide bonds. The molecule has 18 heavy (non-hydrogen) atoms. The van der Waals surface area contributed by atoms with Gasteiger partial charge in [0.2, 0.25) is 5.91 Å². The molecule has 2 rings (SSSR count). The maximum Gasteiger partial charge on any atom is 0.246 e. The summed E-state index contributed by atoms with van der Waals surface area (Å²) < 4.78 is 0. The van der Waals surface area contributed by atoms with E-state index in [0.717, 1.165) is 25.9 Å². The zero-order valence-electron chi connectivity index (χ0n) is 11.3. The van der Waals surface area contributed by atoms with Crippen LogP contribution in [-0.4, -0.2) is 36.0 Å². The quantitative estimate of drug-likeness (QED) is 0.614. The van der Waals surface area contributed by atoms with Crippen LogP contribution in [0, 0.1) is 0 Å². The molecule has 0 aromatic heterocycles. The van der Waals surface area contributed by atoms with Crippen LogP contribution in [0.5, 0.6) is 0 Å². The van der Waals surface area contributed by atoms with Crippen molar-refractivity contribution in [1.82, 2.24) is 10.2 Å². The lowest BCUT2D eigenvalue weighted by Gasteiger charge is -2.38. The largest absolute Gasteiger partial charge is 0.335 e. The smallest absolute Gasteiger partial charge is 0.246 e. The molecule has 2 aliphatic heterocycles. The lowest BCUT2D eigenvalue weighted by atomic mass is 9.94. The highest BCUT2D eigenvalue weighted by Crippen LogP contribution is 2.24. The van der Waals surface area contributed by atoms with E-state index < -0.39 is 0 Å². The first-order chi connectivity index (χ1) is 8.83. The monoisotopic (exact) mass is 248 g/mol. The third kappa shape index (κ3) is 3.22. The standard InChI is InChI=1S/C15H24N2O/c1-2-3-4-10-15(18)17-12-6-5-9-14(17)13-8-7-11-16-13/h2-4,10,13-14,16H,5-9,11-12H2,1H3/b3-2+,10-4+. The highest BCUT2D eigenvalue weighted by Gasteiger charge is 2.33. The first-order valence-electron chi connectivity index (χ1n) is 7.16. The highest BCUT2D eigenvalue weighted by molar-refractivity contribution is 5.88. The minimum absolute atomic E-state index is 0.173. The summed E-state index contributed by atoms with van der Waals surface area (Å²) in [6.45, 7) is 3.99. The Balaban J connectivity index is 2.00. The lowest BCUT2D eigenvalue weighted by Crippen LogP contribution is -2.52. The van der Waals surface area contributed by atoms with Gasteiger partial charge in [-0.15, -0.1) is 0 Å². The van der Waals surface area contributed by atoms with Gasteiger partial charge in [0.05, 0.1) is 0 Å². The average molecular weight is 248 g/mol. The number of piperidine rings is 1. The van der Waals surface area contributed by atoms with Crippen LogP contribution in [0.2, 0.25) is 0 Å². The summed E-state index contributed by atoms with van der Waals surface area (Å²) in [7, 11) is 0. The Hall–Kier alpha value is -1.09. The molecule has 0 radical (unpaired) electrons. The van der Waals surface area contributed by atoms with Crippen molar-refractivity contribution in [2.24, 2.45) is 0 Å². The number of nitrogens with one attached hydrogen (secondary N) is 1. The minimum atomic E-state index is 0.173. The maximum atomic E-state index is 12.2. The van der Waals surface area contributed by atoms with Crippen LogP contribution in [0.3, 0.4) is 0 Å². The predicted octanol–water partition coefficient (Wildman–Crippen LogP) is 2.25. The van der Waals surface area contributed by atoms with Gasteiger partial charge < -0.3 is 10.2 Å². The van der Waals surface area contributed by atoms with Crippen LogP contribution in [0.25, 0.3) is 0 Å². The molecule has 0 bridgehead atoms. The first-order valence-corrected chi connectivity index (χ1v) is 7.16. The van der Waals surface area contributed by atoms with Crippen LogP contribution < -0.4 is 5.32 Å². The minimum Gasteiger partial charge on any atom is -0.335 e. The van der Waals surface area contributed by atoms with Gasteiger partial charge in [-0.3, -0.25) is 4.79 Å². The second-order valence-corrected chi connectivity index (χ2v) is 5.18. The van der Waals surface area contributed by atoms with Gasteiger partial charge in [-0.1, -0.05) is 18.2 Å². The number of carbonyl (C=O) groups excluding carboxylic acids is 1. The Morgan fingerprint density at radius 1 is 1.22 bits per heavy atom. The summed E-state index contributed by atoms with van der Waals surface area (Å²) in [6.07, 6.45) is 13.4. The summed E-state index contributed by atoms with van der Waals surface area (Å²) in [5, 5.41) is 3.55. The SMILES string of the molecule is C/C=C/C=C/C(=O)N1CCCCC1C1CCCN1. The third-order valence-corrected chi connectivity index (χ3v) is 3.94. The van der Waals surface area contributed by atoms with Crippen LogP contribution in [0.1, 0.15) is 39.0 Å². The number of likely N-dealkylation sites (tertiary alicyclic amines) is 1. The number of amides is 1. The van der Waals surface area contributed by atoms with Crippen molar-refractivity contribution in [3.05, 3.63) is 24.3 Å². The van der Waals surface area contributed by atoms with Gasteiger partial charge in [0.1, 0.15) is 0 Å². The van der Waals surface area contributed by atoms with E-state index in [1.807, 2.05) is 25.2 Å². The molecule has 2 atom stereocenters. The number of rotatable bonds is 3. The van der Waals surface area contributed by atoms with E-state index in [9.17, 15) is 4.79 Å². The van der Waals surface area contributed by atoms with E-state index in [4.69, 9.17) is 0 Å². The molecular formula is C15H24N2O. The second kappa shape index (κ2) is 6.74. The van der Waals surface area contributed by atoms with Gasteiger partial charge in [0, 0.05) is 24.7 Å². The van der Waals surface area contributed by atoms with Gasteiger partial charge in [-0.25, -0.2) is 0 Å². The molecule has 0 saturated carbocycles. The summed E-state index contributed by atoms with van der Waals surface area (Å²) in [5.74, 6) is 0.173. The van der Waals surface area contributed by atoms with Crippen LogP contribution in [0.4, 0.5) is 0 Å². The Kier molecular flexibility index (Phi) is 5.00. The maximum absolute atomic E-state index is 12.2. The molecule has 2 unspecified atom stereocenters. The van der Waals surface area contributed by atoms with E-state index in [2.05, 4.69) is 10.2 Å². The zero-order chi connectivity index (χ0) is 12.8. The van der Waals surface area contributed by atoms with Crippen LogP contribution in [0.15, 0.2) is 24.3 Å². The molecule has 2 aliphatic rings. The topological polar surface area (TPSA) is 32.3 Å². The van der Waals surface area contributed by atoms with Gasteiger partial charge in [-0.05, 0) is 45.6 Å². The number of nitrogens with zero attached hydrogens (tertiary/aromatic N) is 1. The molecule has 3 nitrogen and oxygen atoms in total. The van der Waals surface area contributed by atoms with E-state index in [1.165, 1.54) is 19.3 Å². The molecular weight excluding hydrogens is 224 g/mol. The molecule has 2 saturated heterocycles. The van der Waals surface area contributed by atoms with Crippen molar-refractivity contribution >= 4 is 5.91 Å². The number of allylic oxidation sites excluding steroid dienone is 3. The second-order valence-electron chi connectivity index (χ2n) is 5.18. The van der Waals surface area contributed by atoms with Crippen LogP contribution >= 0.6 is 0 Å². The Morgan fingerprint density at radius 2 is 2.11 bits per heavy atom.